The van der Waals surface area contributed by atoms with Crippen LogP contribution in [0.15, 0.2) is 46.5 Å². The zero-order chi connectivity index (χ0) is 19.6. The van der Waals surface area contributed by atoms with Gasteiger partial charge in [0.15, 0.2) is 12.8 Å². The topological polar surface area (TPSA) is 259 Å². The second-order valence-corrected chi connectivity index (χ2v) is 4.89. The minimum atomic E-state index is -4.67. The number of rotatable bonds is 0. The van der Waals surface area contributed by atoms with Crippen molar-refractivity contribution in [3.63, 3.8) is 0 Å². The molecule has 6 N–H and O–H groups in total. The molecule has 2 aromatic heterocycles. The van der Waals surface area contributed by atoms with E-state index in [9.17, 15) is 0 Å². The molecule has 2 rings (SSSR count). The molecule has 0 unspecified atom stereocenters. The van der Waals surface area contributed by atoms with Crippen molar-refractivity contribution in [3.05, 3.63) is 37.7 Å². The highest BCUT2D eigenvalue weighted by Crippen LogP contribution is 1.98. The van der Waals surface area contributed by atoms with Gasteiger partial charge in [0.25, 0.3) is 0 Å². The maximum absolute atomic E-state index is 8.74. The van der Waals surface area contributed by atoms with E-state index >= 15 is 0 Å². The molecule has 0 fully saturated rings. The average Bonchev–Trinajstić information content (AvgIpc) is 3.03. The third-order valence-electron chi connectivity index (χ3n) is 0.694. The van der Waals surface area contributed by atoms with E-state index in [0.717, 1.165) is 0 Å². The average molecular weight is 416 g/mol. The first-order valence-corrected chi connectivity index (χ1v) is 8.79. The van der Waals surface area contributed by atoms with Crippen molar-refractivity contribution >= 4 is 29.1 Å². The third-order valence-corrected chi connectivity index (χ3v) is 0.694. The van der Waals surface area contributed by atoms with Gasteiger partial charge in [0.1, 0.15) is 12.5 Å². The predicted molar refractivity (Wildman–Crippen MR) is 74.8 cm³/mol. The lowest BCUT2D eigenvalue weighted by molar-refractivity contribution is 0.378. The Morgan fingerprint density at radius 3 is 1.00 bits per heavy atom. The van der Waals surface area contributed by atoms with Crippen LogP contribution < -0.4 is 0 Å². The van der Waals surface area contributed by atoms with Crippen molar-refractivity contribution in [1.82, 2.24) is 9.97 Å². The van der Waals surface area contributed by atoms with Crippen LogP contribution >= 0.6 is 8.25 Å². The van der Waals surface area contributed by atoms with Gasteiger partial charge in [-0.05, 0) is 0 Å². The highest BCUT2D eigenvalue weighted by molar-refractivity contribution is 7.80. The molecule has 18 heteroatoms. The first-order valence-electron chi connectivity index (χ1n) is 4.69. The van der Waals surface area contributed by atoms with E-state index in [1.165, 1.54) is 25.3 Å². The van der Waals surface area contributed by atoms with Gasteiger partial charge in [0, 0.05) is 0 Å². The number of nitrogens with zero attached hydrogens (tertiary/aromatic N) is 2. The SMILES string of the molecule is O=S(=O)(O)O.O=S(=O)(O)O.O=[PH](O)O.c1cocn1.c1cocn1. The predicted octanol–water partition coefficient (Wildman–Crippen LogP) is -0.596. The largest absolute Gasteiger partial charge is 0.452 e. The summed E-state index contributed by atoms with van der Waals surface area (Å²) in [5.41, 5.74) is 0. The number of hydrogen-bond acceptors (Lipinski definition) is 9. The summed E-state index contributed by atoms with van der Waals surface area (Å²) >= 11 is 0. The summed E-state index contributed by atoms with van der Waals surface area (Å²) < 4.78 is 80.9. The van der Waals surface area contributed by atoms with E-state index in [-0.39, 0.29) is 0 Å². The van der Waals surface area contributed by atoms with Crippen molar-refractivity contribution in [1.29, 1.82) is 0 Å². The Labute approximate surface area is 135 Å². The van der Waals surface area contributed by atoms with Gasteiger partial charge in [0.05, 0.1) is 12.4 Å². The lowest BCUT2D eigenvalue weighted by atomic mass is 11.0. The van der Waals surface area contributed by atoms with Gasteiger partial charge in [0.2, 0.25) is 0 Å². The molecule has 2 aromatic rings. The van der Waals surface area contributed by atoms with Crippen molar-refractivity contribution in [2.75, 3.05) is 0 Å². The van der Waals surface area contributed by atoms with Gasteiger partial charge in [-0.3, -0.25) is 22.8 Å². The molecule has 0 saturated heterocycles. The van der Waals surface area contributed by atoms with Crippen molar-refractivity contribution in [2.24, 2.45) is 0 Å². The first-order chi connectivity index (χ1) is 10.7. The Balaban J connectivity index is -0.000000230. The molecule has 0 aliphatic rings. The van der Waals surface area contributed by atoms with Crippen molar-refractivity contribution in [3.8, 4) is 0 Å². The molecule has 0 spiro atoms. The van der Waals surface area contributed by atoms with Gasteiger partial charge in [-0.25, -0.2) is 9.97 Å². The first kappa shape index (κ1) is 27.2. The summed E-state index contributed by atoms with van der Waals surface area (Å²) in [5, 5.41) is 0. The molecular weight excluding hydrogens is 403 g/mol. The standard InChI is InChI=1S/2C3H3NO.2H2O4S.H3O3P/c2*1-2-5-3-4-1;2*1-5(2,3)4;1-4(2)3/h2*1-3H;2*(H2,1,2,3,4);4H,(H2,1,2,3). The fraction of sp³-hybridized carbons (Fsp3) is 0. The zero-order valence-corrected chi connectivity index (χ0v) is 13.8. The monoisotopic (exact) mass is 416 g/mol. The van der Waals surface area contributed by atoms with Crippen LogP contribution in [0.2, 0.25) is 0 Å². The summed E-state index contributed by atoms with van der Waals surface area (Å²) in [4.78, 5) is 21.4. The van der Waals surface area contributed by atoms with Crippen LogP contribution in [-0.4, -0.2) is 54.8 Å². The van der Waals surface area contributed by atoms with Crippen LogP contribution in [0.4, 0.5) is 0 Å². The van der Waals surface area contributed by atoms with Crippen LogP contribution in [0.1, 0.15) is 0 Å². The van der Waals surface area contributed by atoms with E-state index in [0.29, 0.717) is 0 Å². The summed E-state index contributed by atoms with van der Waals surface area (Å²) in [5.74, 6) is 0. The van der Waals surface area contributed by atoms with E-state index < -0.39 is 29.1 Å². The van der Waals surface area contributed by atoms with Crippen LogP contribution in [0.3, 0.4) is 0 Å². The van der Waals surface area contributed by atoms with Crippen LogP contribution in [-0.2, 0) is 25.4 Å². The normalized spacial score (nSPS) is 9.62. The van der Waals surface area contributed by atoms with E-state index in [4.69, 9.17) is 49.4 Å². The smallest absolute Gasteiger partial charge is 0.394 e. The Hall–Kier alpha value is -1.69. The lowest BCUT2D eigenvalue weighted by Gasteiger charge is -1.68. The highest BCUT2D eigenvalue weighted by Gasteiger charge is 1.85. The van der Waals surface area contributed by atoms with Gasteiger partial charge >= 0.3 is 29.1 Å². The van der Waals surface area contributed by atoms with Crippen LogP contribution in [0, 0.1) is 0 Å². The Morgan fingerprint density at radius 2 is 0.958 bits per heavy atom. The molecule has 0 amide bonds. The second-order valence-electron chi connectivity index (χ2n) is 2.53. The van der Waals surface area contributed by atoms with Crippen molar-refractivity contribution < 1.29 is 58.2 Å². The maximum Gasteiger partial charge on any atom is 0.394 e. The Bertz CT molecular complexity index is 570. The number of oxazole rings is 2. The third kappa shape index (κ3) is 110. The van der Waals surface area contributed by atoms with Crippen molar-refractivity contribution in [2.45, 2.75) is 0 Å². The molecule has 0 aromatic carbocycles. The van der Waals surface area contributed by atoms with E-state index in [2.05, 4.69) is 18.8 Å². The maximum atomic E-state index is 8.74. The summed E-state index contributed by atoms with van der Waals surface area (Å²) in [6.07, 6.45) is 8.94. The zero-order valence-electron chi connectivity index (χ0n) is 11.2. The summed E-state index contributed by atoms with van der Waals surface area (Å²) in [6, 6.07) is 0. The second kappa shape index (κ2) is 16.2. The molecule has 142 valence electrons. The van der Waals surface area contributed by atoms with E-state index in [1.54, 1.807) is 12.4 Å². The number of hydrogen-bond donors (Lipinski definition) is 6. The van der Waals surface area contributed by atoms with Gasteiger partial charge in [-0.1, -0.05) is 0 Å². The highest BCUT2D eigenvalue weighted by atomic mass is 32.3. The molecule has 0 radical (unpaired) electrons. The van der Waals surface area contributed by atoms with Crippen LogP contribution in [0.25, 0.3) is 0 Å². The summed E-state index contributed by atoms with van der Waals surface area (Å²) in [7, 11) is -12.5. The molecule has 0 aliphatic carbocycles. The lowest BCUT2D eigenvalue weighted by Crippen LogP contribution is -1.89. The minimum absolute atomic E-state index is 1.38. The molecule has 15 nitrogen and oxygen atoms in total. The Kier molecular flexibility index (Phi) is 18.3. The fourth-order valence-corrected chi connectivity index (χ4v) is 0.351. The quantitative estimate of drug-likeness (QED) is 0.231. The van der Waals surface area contributed by atoms with Gasteiger partial charge < -0.3 is 18.6 Å². The fourth-order valence-electron chi connectivity index (χ4n) is 0.351. The molecular formula is C6H13N2O13PS2. The molecule has 0 aliphatic heterocycles. The minimum Gasteiger partial charge on any atom is -0.452 e. The molecule has 0 saturated carbocycles. The molecule has 0 bridgehead atoms. The van der Waals surface area contributed by atoms with Gasteiger partial charge in [-0.2, -0.15) is 16.8 Å². The Morgan fingerprint density at radius 1 is 0.750 bits per heavy atom. The molecule has 0 atom stereocenters. The summed E-state index contributed by atoms with van der Waals surface area (Å²) in [6.45, 7) is 0. The molecule has 2 heterocycles. The number of aromatic nitrogens is 2. The molecule has 24 heavy (non-hydrogen) atoms. The van der Waals surface area contributed by atoms with Gasteiger partial charge in [-0.15, -0.1) is 0 Å². The van der Waals surface area contributed by atoms with E-state index in [1.807, 2.05) is 0 Å². The van der Waals surface area contributed by atoms with Crippen LogP contribution in [0.5, 0.6) is 0 Å².